The molecule has 0 bridgehead atoms. The Morgan fingerprint density at radius 1 is 1.23 bits per heavy atom. The van der Waals surface area contributed by atoms with Gasteiger partial charge in [0.1, 0.15) is 11.6 Å². The minimum atomic E-state index is -0.554. The zero-order valence-corrected chi connectivity index (χ0v) is 17.5. The van der Waals surface area contributed by atoms with E-state index in [9.17, 15) is 14.6 Å². The molecule has 1 fully saturated rings. The predicted octanol–water partition coefficient (Wildman–Crippen LogP) is 4.45. The SMILES string of the molecule is CCOc1ccc(Cn2cc([C@H]3C[C@@H](O)C[C@@H](CO)O3)c3cc(Cl)ccc32)c(F)c1. The fraction of sp³-hybridized carbons (Fsp3) is 0.391. The summed E-state index contributed by atoms with van der Waals surface area (Å²) in [5.41, 5.74) is 2.30. The lowest BCUT2D eigenvalue weighted by Gasteiger charge is -2.32. The van der Waals surface area contributed by atoms with Crippen LogP contribution in [-0.4, -0.2) is 40.2 Å². The maximum absolute atomic E-state index is 14.6. The number of nitrogens with zero attached hydrogens (tertiary/aromatic N) is 1. The molecule has 5 nitrogen and oxygen atoms in total. The molecule has 0 spiro atoms. The van der Waals surface area contributed by atoms with Gasteiger partial charge in [-0.25, -0.2) is 4.39 Å². The molecule has 0 amide bonds. The summed E-state index contributed by atoms with van der Waals surface area (Å²) in [7, 11) is 0. The predicted molar refractivity (Wildman–Crippen MR) is 114 cm³/mol. The molecule has 2 N–H and O–H groups in total. The third kappa shape index (κ3) is 4.32. The molecule has 7 heteroatoms. The number of ether oxygens (including phenoxy) is 2. The van der Waals surface area contributed by atoms with Crippen LogP contribution in [0.5, 0.6) is 5.75 Å². The van der Waals surface area contributed by atoms with E-state index < -0.39 is 12.2 Å². The van der Waals surface area contributed by atoms with Crippen molar-refractivity contribution in [2.75, 3.05) is 13.2 Å². The zero-order valence-electron chi connectivity index (χ0n) is 16.7. The third-order valence-corrected chi connectivity index (χ3v) is 5.71. The highest BCUT2D eigenvalue weighted by molar-refractivity contribution is 6.31. The Kier molecular flexibility index (Phi) is 6.29. The van der Waals surface area contributed by atoms with Crippen LogP contribution in [0.2, 0.25) is 5.02 Å². The summed E-state index contributed by atoms with van der Waals surface area (Å²) in [6.45, 7) is 2.52. The van der Waals surface area contributed by atoms with Gasteiger partial charge in [-0.3, -0.25) is 0 Å². The summed E-state index contributed by atoms with van der Waals surface area (Å²) in [5.74, 6) is 0.172. The lowest BCUT2D eigenvalue weighted by Crippen LogP contribution is -2.33. The third-order valence-electron chi connectivity index (χ3n) is 5.48. The molecule has 2 aromatic carbocycles. The van der Waals surface area contributed by atoms with Crippen LogP contribution in [-0.2, 0) is 11.3 Å². The number of aliphatic hydroxyl groups excluding tert-OH is 2. The fourth-order valence-corrected chi connectivity index (χ4v) is 4.26. The van der Waals surface area contributed by atoms with Crippen LogP contribution >= 0.6 is 11.6 Å². The van der Waals surface area contributed by atoms with Crippen LogP contribution in [0.15, 0.2) is 42.6 Å². The first-order valence-electron chi connectivity index (χ1n) is 10.1. The number of aliphatic hydroxyl groups is 2. The van der Waals surface area contributed by atoms with E-state index in [4.69, 9.17) is 21.1 Å². The van der Waals surface area contributed by atoms with Gasteiger partial charge in [-0.2, -0.15) is 0 Å². The van der Waals surface area contributed by atoms with E-state index in [1.807, 2.05) is 29.8 Å². The maximum atomic E-state index is 14.6. The molecule has 0 radical (unpaired) electrons. The van der Waals surface area contributed by atoms with E-state index >= 15 is 0 Å². The molecule has 4 rings (SSSR count). The molecule has 3 aromatic rings. The number of rotatable bonds is 6. The lowest BCUT2D eigenvalue weighted by molar-refractivity contribution is -0.113. The molecule has 2 heterocycles. The Balaban J connectivity index is 1.71. The second-order valence-electron chi connectivity index (χ2n) is 7.61. The van der Waals surface area contributed by atoms with Crippen LogP contribution in [0.4, 0.5) is 4.39 Å². The first-order valence-corrected chi connectivity index (χ1v) is 10.5. The average molecular weight is 434 g/mol. The summed E-state index contributed by atoms with van der Waals surface area (Å²) >= 11 is 6.24. The van der Waals surface area contributed by atoms with Gasteiger partial charge < -0.3 is 24.3 Å². The Morgan fingerprint density at radius 2 is 2.07 bits per heavy atom. The first kappa shape index (κ1) is 21.1. The number of aromatic nitrogens is 1. The highest BCUT2D eigenvalue weighted by Gasteiger charge is 2.31. The first-order chi connectivity index (χ1) is 14.5. The van der Waals surface area contributed by atoms with Gasteiger partial charge in [0.15, 0.2) is 0 Å². The van der Waals surface area contributed by atoms with E-state index in [1.54, 1.807) is 18.2 Å². The fourth-order valence-electron chi connectivity index (χ4n) is 4.09. The highest BCUT2D eigenvalue weighted by Crippen LogP contribution is 2.37. The molecular weight excluding hydrogens is 409 g/mol. The summed E-state index contributed by atoms with van der Waals surface area (Å²) < 4.78 is 28.0. The van der Waals surface area contributed by atoms with Gasteiger partial charge in [0, 0.05) is 52.2 Å². The topological polar surface area (TPSA) is 63.9 Å². The van der Waals surface area contributed by atoms with Crippen LogP contribution in [0.3, 0.4) is 0 Å². The van der Waals surface area contributed by atoms with E-state index in [0.29, 0.717) is 42.3 Å². The smallest absolute Gasteiger partial charge is 0.131 e. The van der Waals surface area contributed by atoms with Gasteiger partial charge in [-0.1, -0.05) is 17.7 Å². The van der Waals surface area contributed by atoms with E-state index in [2.05, 4.69) is 0 Å². The van der Waals surface area contributed by atoms with Crippen molar-refractivity contribution in [3.63, 3.8) is 0 Å². The van der Waals surface area contributed by atoms with Crippen molar-refractivity contribution in [2.45, 2.75) is 44.6 Å². The van der Waals surface area contributed by atoms with Crippen molar-refractivity contribution in [3.8, 4) is 5.75 Å². The van der Waals surface area contributed by atoms with Gasteiger partial charge in [0.25, 0.3) is 0 Å². The summed E-state index contributed by atoms with van der Waals surface area (Å²) in [6, 6.07) is 10.4. The van der Waals surface area contributed by atoms with Crippen LogP contribution in [0.1, 0.15) is 37.0 Å². The molecule has 1 aromatic heterocycles. The van der Waals surface area contributed by atoms with Gasteiger partial charge in [-0.15, -0.1) is 0 Å². The van der Waals surface area contributed by atoms with E-state index in [-0.39, 0.29) is 18.5 Å². The van der Waals surface area contributed by atoms with Gasteiger partial charge in [0.2, 0.25) is 0 Å². The molecule has 1 saturated heterocycles. The van der Waals surface area contributed by atoms with E-state index in [1.165, 1.54) is 6.07 Å². The molecule has 1 aliphatic rings. The zero-order chi connectivity index (χ0) is 21.3. The Bertz CT molecular complexity index is 1040. The summed E-state index contributed by atoms with van der Waals surface area (Å²) in [4.78, 5) is 0. The van der Waals surface area contributed by atoms with Gasteiger partial charge in [-0.05, 0) is 31.2 Å². The quantitative estimate of drug-likeness (QED) is 0.602. The molecule has 0 unspecified atom stereocenters. The summed E-state index contributed by atoms with van der Waals surface area (Å²) in [6.07, 6.45) is 1.41. The van der Waals surface area contributed by atoms with Crippen LogP contribution < -0.4 is 4.74 Å². The Hall–Kier alpha value is -2.12. The molecule has 30 heavy (non-hydrogen) atoms. The number of halogens is 2. The second kappa shape index (κ2) is 8.94. The highest BCUT2D eigenvalue weighted by atomic mass is 35.5. The lowest BCUT2D eigenvalue weighted by atomic mass is 9.96. The van der Waals surface area contributed by atoms with Crippen molar-refractivity contribution in [2.24, 2.45) is 0 Å². The number of benzene rings is 2. The van der Waals surface area contributed by atoms with Crippen molar-refractivity contribution in [1.29, 1.82) is 0 Å². The largest absolute Gasteiger partial charge is 0.494 e. The molecule has 0 saturated carbocycles. The molecule has 0 aliphatic carbocycles. The molecule has 1 aliphatic heterocycles. The normalized spacial score (nSPS) is 21.8. The molecule has 160 valence electrons. The number of fused-ring (bicyclic) bond motifs is 1. The minimum absolute atomic E-state index is 0.148. The standard InChI is InChI=1S/C23H25ClFNO4/c1-2-29-17-5-3-14(21(25)10-17)11-26-12-20(19-7-15(24)4-6-22(19)26)23-9-16(28)8-18(13-27)30-23/h3-7,10,12,16,18,23,27-28H,2,8-9,11,13H2,1H3/t16-,18-,23+/m0/s1. The Morgan fingerprint density at radius 3 is 2.80 bits per heavy atom. The van der Waals surface area contributed by atoms with Crippen LogP contribution in [0.25, 0.3) is 10.9 Å². The Labute approximate surface area is 179 Å². The van der Waals surface area contributed by atoms with Crippen LogP contribution in [0, 0.1) is 5.82 Å². The maximum Gasteiger partial charge on any atom is 0.131 e. The van der Waals surface area contributed by atoms with E-state index in [0.717, 1.165) is 16.5 Å². The van der Waals surface area contributed by atoms with Crippen molar-refractivity contribution in [3.05, 3.63) is 64.6 Å². The van der Waals surface area contributed by atoms with Crippen molar-refractivity contribution < 1.29 is 24.1 Å². The van der Waals surface area contributed by atoms with Gasteiger partial charge in [0.05, 0.1) is 38.1 Å². The monoisotopic (exact) mass is 433 g/mol. The number of hydrogen-bond acceptors (Lipinski definition) is 4. The number of hydrogen-bond donors (Lipinski definition) is 2. The minimum Gasteiger partial charge on any atom is -0.494 e. The summed E-state index contributed by atoms with van der Waals surface area (Å²) in [5, 5.41) is 21.2. The molecule has 3 atom stereocenters. The molecular formula is C23H25ClFNO4. The van der Waals surface area contributed by atoms with Gasteiger partial charge >= 0.3 is 0 Å². The second-order valence-corrected chi connectivity index (χ2v) is 8.05. The average Bonchev–Trinajstić information content (AvgIpc) is 3.07. The van der Waals surface area contributed by atoms with Crippen molar-refractivity contribution in [1.82, 2.24) is 4.57 Å². The van der Waals surface area contributed by atoms with Crippen molar-refractivity contribution >= 4 is 22.5 Å².